The summed E-state index contributed by atoms with van der Waals surface area (Å²) in [6.07, 6.45) is 1.66. The first-order valence-corrected chi connectivity index (χ1v) is 5.17. The summed E-state index contributed by atoms with van der Waals surface area (Å²) in [5.74, 6) is -0.875. The predicted octanol–water partition coefficient (Wildman–Crippen LogP) is 1.17. The van der Waals surface area contributed by atoms with Crippen molar-refractivity contribution < 1.29 is 14.7 Å². The van der Waals surface area contributed by atoms with E-state index in [0.29, 0.717) is 5.82 Å². The number of hydrogen-bond donors (Lipinski definition) is 3. The van der Waals surface area contributed by atoms with Gasteiger partial charge >= 0.3 is 5.97 Å². The SMILES string of the molecule is CCCc1cc(NC(=O)CCC(=O)O)n[nH]1. The van der Waals surface area contributed by atoms with Gasteiger partial charge in [-0.25, -0.2) is 0 Å². The number of aromatic nitrogens is 2. The second-order valence-corrected chi connectivity index (χ2v) is 3.47. The predicted molar refractivity (Wildman–Crippen MR) is 58.1 cm³/mol. The van der Waals surface area contributed by atoms with E-state index in [-0.39, 0.29) is 18.7 Å². The van der Waals surface area contributed by atoms with Gasteiger partial charge in [-0.1, -0.05) is 13.3 Å². The molecule has 1 aromatic rings. The Balaban J connectivity index is 2.40. The van der Waals surface area contributed by atoms with Crippen LogP contribution in [-0.4, -0.2) is 27.2 Å². The van der Waals surface area contributed by atoms with Crippen LogP contribution in [0.2, 0.25) is 0 Å². The molecule has 0 saturated carbocycles. The average Bonchev–Trinajstić information content (AvgIpc) is 2.63. The molecule has 0 fully saturated rings. The van der Waals surface area contributed by atoms with Gasteiger partial charge in [-0.15, -0.1) is 0 Å². The second-order valence-electron chi connectivity index (χ2n) is 3.47. The highest BCUT2D eigenvalue weighted by atomic mass is 16.4. The summed E-state index contributed by atoms with van der Waals surface area (Å²) in [6, 6.07) is 1.75. The van der Waals surface area contributed by atoms with Gasteiger partial charge in [0.1, 0.15) is 0 Å². The first-order valence-electron chi connectivity index (χ1n) is 5.17. The third kappa shape index (κ3) is 4.12. The number of aromatic amines is 1. The van der Waals surface area contributed by atoms with Crippen LogP contribution in [0.1, 0.15) is 31.9 Å². The average molecular weight is 225 g/mol. The number of aryl methyl sites for hydroxylation is 1. The zero-order valence-electron chi connectivity index (χ0n) is 9.12. The molecule has 0 spiro atoms. The maximum Gasteiger partial charge on any atom is 0.303 e. The number of carboxylic acid groups (broad SMARTS) is 1. The minimum absolute atomic E-state index is 0.0364. The van der Waals surface area contributed by atoms with Crippen molar-refractivity contribution in [2.24, 2.45) is 0 Å². The van der Waals surface area contributed by atoms with Gasteiger partial charge < -0.3 is 10.4 Å². The van der Waals surface area contributed by atoms with Crippen molar-refractivity contribution in [3.05, 3.63) is 11.8 Å². The Labute approximate surface area is 93.1 Å². The topological polar surface area (TPSA) is 95.1 Å². The summed E-state index contributed by atoms with van der Waals surface area (Å²) in [5, 5.41) is 17.6. The maximum absolute atomic E-state index is 11.3. The summed E-state index contributed by atoms with van der Waals surface area (Å²) < 4.78 is 0. The Morgan fingerprint density at radius 3 is 2.88 bits per heavy atom. The highest BCUT2D eigenvalue weighted by Gasteiger charge is 2.07. The van der Waals surface area contributed by atoms with E-state index >= 15 is 0 Å². The lowest BCUT2D eigenvalue weighted by atomic mass is 10.2. The fourth-order valence-electron chi connectivity index (χ4n) is 1.25. The van der Waals surface area contributed by atoms with Crippen LogP contribution in [0.5, 0.6) is 0 Å². The summed E-state index contributed by atoms with van der Waals surface area (Å²) in [7, 11) is 0. The lowest BCUT2D eigenvalue weighted by molar-refractivity contribution is -0.138. The summed E-state index contributed by atoms with van der Waals surface area (Å²) >= 11 is 0. The van der Waals surface area contributed by atoms with E-state index in [4.69, 9.17) is 5.11 Å². The minimum atomic E-state index is -0.983. The van der Waals surface area contributed by atoms with Gasteiger partial charge in [0.15, 0.2) is 5.82 Å². The van der Waals surface area contributed by atoms with Crippen molar-refractivity contribution in [3.63, 3.8) is 0 Å². The molecule has 16 heavy (non-hydrogen) atoms. The molecule has 0 aliphatic rings. The van der Waals surface area contributed by atoms with Gasteiger partial charge in [0.2, 0.25) is 5.91 Å². The third-order valence-corrected chi connectivity index (χ3v) is 1.98. The second kappa shape index (κ2) is 5.89. The summed E-state index contributed by atoms with van der Waals surface area (Å²) in [5.41, 5.74) is 0.955. The highest BCUT2D eigenvalue weighted by Crippen LogP contribution is 2.07. The van der Waals surface area contributed by atoms with Gasteiger partial charge in [-0.3, -0.25) is 14.7 Å². The van der Waals surface area contributed by atoms with E-state index < -0.39 is 5.97 Å². The van der Waals surface area contributed by atoms with Gasteiger partial charge in [0, 0.05) is 18.2 Å². The number of carbonyl (C=O) groups is 2. The van der Waals surface area contributed by atoms with Crippen molar-refractivity contribution in [1.82, 2.24) is 10.2 Å². The third-order valence-electron chi connectivity index (χ3n) is 1.98. The van der Waals surface area contributed by atoms with Crippen molar-refractivity contribution >= 4 is 17.7 Å². The quantitative estimate of drug-likeness (QED) is 0.677. The Morgan fingerprint density at radius 2 is 2.25 bits per heavy atom. The largest absolute Gasteiger partial charge is 0.481 e. The summed E-state index contributed by atoms with van der Waals surface area (Å²) in [4.78, 5) is 21.5. The number of H-pyrrole nitrogens is 1. The minimum Gasteiger partial charge on any atom is -0.481 e. The number of aliphatic carboxylic acids is 1. The van der Waals surface area contributed by atoms with Crippen LogP contribution in [0.4, 0.5) is 5.82 Å². The molecule has 0 aliphatic carbocycles. The van der Waals surface area contributed by atoms with Crippen LogP contribution < -0.4 is 5.32 Å². The molecule has 0 bridgehead atoms. The number of nitrogens with zero attached hydrogens (tertiary/aromatic N) is 1. The monoisotopic (exact) mass is 225 g/mol. The lowest BCUT2D eigenvalue weighted by Crippen LogP contribution is -2.13. The summed E-state index contributed by atoms with van der Waals surface area (Å²) in [6.45, 7) is 2.05. The van der Waals surface area contributed by atoms with Crippen LogP contribution in [0, 0.1) is 0 Å². The molecular formula is C10H15N3O3. The van der Waals surface area contributed by atoms with Crippen molar-refractivity contribution in [2.75, 3.05) is 5.32 Å². The number of amides is 1. The molecule has 1 amide bonds. The van der Waals surface area contributed by atoms with Crippen molar-refractivity contribution in [3.8, 4) is 0 Å². The first kappa shape index (κ1) is 12.2. The van der Waals surface area contributed by atoms with E-state index in [2.05, 4.69) is 15.5 Å². The Morgan fingerprint density at radius 1 is 1.50 bits per heavy atom. The number of rotatable bonds is 6. The molecule has 0 aliphatic heterocycles. The molecule has 0 radical (unpaired) electrons. The van der Waals surface area contributed by atoms with Crippen LogP contribution in [0.15, 0.2) is 6.07 Å². The molecule has 88 valence electrons. The normalized spacial score (nSPS) is 10.1. The highest BCUT2D eigenvalue weighted by molar-refractivity contribution is 5.91. The maximum atomic E-state index is 11.3. The van der Waals surface area contributed by atoms with Gasteiger partial charge in [0.05, 0.1) is 6.42 Å². The Hall–Kier alpha value is -1.85. The van der Waals surface area contributed by atoms with Crippen LogP contribution in [-0.2, 0) is 16.0 Å². The molecule has 6 heteroatoms. The van der Waals surface area contributed by atoms with E-state index in [1.54, 1.807) is 6.07 Å². The van der Waals surface area contributed by atoms with Crippen molar-refractivity contribution in [1.29, 1.82) is 0 Å². The molecule has 1 rings (SSSR count). The zero-order valence-corrected chi connectivity index (χ0v) is 9.12. The van der Waals surface area contributed by atoms with Gasteiger partial charge in [-0.05, 0) is 6.42 Å². The van der Waals surface area contributed by atoms with Crippen LogP contribution >= 0.6 is 0 Å². The van der Waals surface area contributed by atoms with Gasteiger partial charge in [0.25, 0.3) is 0 Å². The lowest BCUT2D eigenvalue weighted by Gasteiger charge is -1.98. The van der Waals surface area contributed by atoms with E-state index in [0.717, 1.165) is 18.5 Å². The fraction of sp³-hybridized carbons (Fsp3) is 0.500. The fourth-order valence-corrected chi connectivity index (χ4v) is 1.25. The number of anilines is 1. The van der Waals surface area contributed by atoms with E-state index in [1.165, 1.54) is 0 Å². The van der Waals surface area contributed by atoms with Gasteiger partial charge in [-0.2, -0.15) is 5.10 Å². The van der Waals surface area contributed by atoms with Crippen molar-refractivity contribution in [2.45, 2.75) is 32.6 Å². The number of carboxylic acids is 1. The number of hydrogen-bond acceptors (Lipinski definition) is 3. The van der Waals surface area contributed by atoms with Crippen LogP contribution in [0.25, 0.3) is 0 Å². The molecule has 0 aromatic carbocycles. The Bertz CT molecular complexity index is 373. The smallest absolute Gasteiger partial charge is 0.303 e. The van der Waals surface area contributed by atoms with Crippen LogP contribution in [0.3, 0.4) is 0 Å². The molecule has 6 nitrogen and oxygen atoms in total. The zero-order chi connectivity index (χ0) is 12.0. The molecule has 0 saturated heterocycles. The first-order chi connectivity index (χ1) is 7.61. The molecular weight excluding hydrogens is 210 g/mol. The number of nitrogens with one attached hydrogen (secondary N) is 2. The standard InChI is InChI=1S/C10H15N3O3/c1-2-3-7-6-8(13-12-7)11-9(14)4-5-10(15)16/h6H,2-5H2,1H3,(H,15,16)(H2,11,12,13,14). The number of carbonyl (C=O) groups excluding carboxylic acids is 1. The molecule has 1 heterocycles. The Kier molecular flexibility index (Phi) is 4.50. The molecule has 1 aromatic heterocycles. The van der Waals surface area contributed by atoms with E-state index in [9.17, 15) is 9.59 Å². The van der Waals surface area contributed by atoms with E-state index in [1.807, 2.05) is 6.92 Å². The molecule has 0 atom stereocenters. The molecule has 0 unspecified atom stereocenters. The molecule has 3 N–H and O–H groups in total.